The van der Waals surface area contributed by atoms with Gasteiger partial charge in [0.05, 0.1) is 6.61 Å². The Balaban J connectivity index is 1.99. The van der Waals surface area contributed by atoms with E-state index in [1.165, 1.54) is 29.6 Å². The van der Waals surface area contributed by atoms with Gasteiger partial charge in [-0.2, -0.15) is 0 Å². The zero-order valence-electron chi connectivity index (χ0n) is 11.5. The molecule has 0 saturated heterocycles. The minimum absolute atomic E-state index is 0.242. The molecule has 0 unspecified atom stereocenters. The van der Waals surface area contributed by atoms with Crippen LogP contribution in [0.3, 0.4) is 0 Å². The van der Waals surface area contributed by atoms with Crippen LogP contribution in [0.1, 0.15) is 12.0 Å². The van der Waals surface area contributed by atoms with Crippen molar-refractivity contribution in [3.05, 3.63) is 23.8 Å². The summed E-state index contributed by atoms with van der Waals surface area (Å²) in [5.74, 6) is 0. The zero-order chi connectivity index (χ0) is 13.0. The highest BCUT2D eigenvalue weighted by Gasteiger charge is 2.16. The number of anilines is 1. The topological polar surface area (TPSA) is 26.7 Å². The maximum absolute atomic E-state index is 8.91. The van der Waals surface area contributed by atoms with Crippen LogP contribution in [0.15, 0.2) is 18.2 Å². The van der Waals surface area contributed by atoms with E-state index < -0.39 is 0 Å². The van der Waals surface area contributed by atoms with Crippen molar-refractivity contribution in [1.82, 2.24) is 4.90 Å². The van der Waals surface area contributed by atoms with Gasteiger partial charge in [0.25, 0.3) is 0 Å². The summed E-state index contributed by atoms with van der Waals surface area (Å²) < 4.78 is 0. The highest BCUT2D eigenvalue weighted by atomic mass is 16.3. The van der Waals surface area contributed by atoms with Crippen LogP contribution < -0.4 is 10.4 Å². The lowest BCUT2D eigenvalue weighted by molar-refractivity contribution is 0.223. The molecule has 0 aliphatic carbocycles. The average molecular weight is 246 g/mol. The van der Waals surface area contributed by atoms with Crippen molar-refractivity contribution in [3.63, 3.8) is 0 Å². The van der Waals surface area contributed by atoms with E-state index in [1.54, 1.807) is 0 Å². The van der Waals surface area contributed by atoms with Crippen molar-refractivity contribution < 1.29 is 5.11 Å². The molecule has 1 heterocycles. The fourth-order valence-corrected chi connectivity index (χ4v) is 2.61. The van der Waals surface area contributed by atoms with Gasteiger partial charge in [-0.1, -0.05) is 17.6 Å². The molecule has 0 amide bonds. The van der Waals surface area contributed by atoms with Gasteiger partial charge < -0.3 is 14.9 Å². The Kier molecular flexibility index (Phi) is 4.67. The molecule has 0 saturated carbocycles. The van der Waals surface area contributed by atoms with Crippen molar-refractivity contribution in [2.75, 3.05) is 44.7 Å². The van der Waals surface area contributed by atoms with Gasteiger partial charge in [-0.25, -0.2) is 0 Å². The van der Waals surface area contributed by atoms with E-state index in [-0.39, 0.29) is 6.61 Å². The van der Waals surface area contributed by atoms with E-state index in [2.05, 4.69) is 42.9 Å². The molecule has 0 bridgehead atoms. The number of hydrogen-bond donors (Lipinski definition) is 1. The molecule has 98 valence electrons. The third-order valence-electron chi connectivity index (χ3n) is 3.68. The molecule has 1 aromatic rings. The van der Waals surface area contributed by atoms with E-state index in [1.807, 2.05) is 0 Å². The predicted octanol–water partition coefficient (Wildman–Crippen LogP) is -0.378. The first-order chi connectivity index (χ1) is 8.70. The molecule has 0 radical (unpaired) electrons. The number of aliphatic hydroxyl groups excluding tert-OH is 1. The van der Waals surface area contributed by atoms with Gasteiger partial charge in [0.2, 0.25) is 0 Å². The van der Waals surface area contributed by atoms with Crippen molar-refractivity contribution in [3.8, 4) is 0 Å². The first-order valence-corrected chi connectivity index (χ1v) is 6.84. The molecule has 4 heteroatoms. The van der Waals surface area contributed by atoms with Crippen LogP contribution in [-0.4, -0.2) is 57.7 Å². The second-order valence-corrected chi connectivity index (χ2v) is 5.25. The highest BCUT2D eigenvalue weighted by Crippen LogP contribution is 2.25. The second kappa shape index (κ2) is 6.25. The molecule has 0 fully saturated rings. The molecule has 1 aromatic carbocycles. The summed E-state index contributed by atoms with van der Waals surface area (Å²) in [6.45, 7) is 4.21. The number of likely N-dealkylation sites (N-methyl/N-ethyl adjacent to an activating group) is 1. The molecule has 1 N–H and O–H groups in total. The van der Waals surface area contributed by atoms with E-state index in [0.29, 0.717) is 0 Å². The van der Waals surface area contributed by atoms with Gasteiger partial charge in [0.1, 0.15) is 7.85 Å². The molecule has 0 atom stereocenters. The van der Waals surface area contributed by atoms with E-state index >= 15 is 0 Å². The number of aliphatic hydroxyl groups is 1. The number of nitrogens with zero attached hydrogens (tertiary/aromatic N) is 2. The van der Waals surface area contributed by atoms with Crippen LogP contribution in [0.4, 0.5) is 5.69 Å². The minimum atomic E-state index is 0.242. The number of hydrogen-bond acceptors (Lipinski definition) is 3. The van der Waals surface area contributed by atoms with Crippen molar-refractivity contribution in [2.45, 2.75) is 12.8 Å². The molecular formula is C14H23BN2O. The summed E-state index contributed by atoms with van der Waals surface area (Å²) in [4.78, 5) is 4.66. The molecule has 0 spiro atoms. The molecule has 1 aliphatic rings. The Labute approximate surface area is 111 Å². The Morgan fingerprint density at radius 3 is 3.00 bits per heavy atom. The second-order valence-electron chi connectivity index (χ2n) is 5.25. The molecule has 1 aliphatic heterocycles. The smallest absolute Gasteiger partial charge is 0.139 e. The molecule has 18 heavy (non-hydrogen) atoms. The van der Waals surface area contributed by atoms with Crippen molar-refractivity contribution in [2.24, 2.45) is 0 Å². The van der Waals surface area contributed by atoms with Gasteiger partial charge >= 0.3 is 0 Å². The van der Waals surface area contributed by atoms with Gasteiger partial charge in [0, 0.05) is 31.9 Å². The van der Waals surface area contributed by atoms with E-state index in [4.69, 9.17) is 5.11 Å². The molecule has 3 nitrogen and oxygen atoms in total. The van der Waals surface area contributed by atoms with Crippen LogP contribution in [0.25, 0.3) is 0 Å². The fraction of sp³-hybridized carbons (Fsp3) is 0.571. The lowest BCUT2D eigenvalue weighted by Crippen LogP contribution is -2.37. The van der Waals surface area contributed by atoms with Crippen LogP contribution in [0, 0.1) is 0 Å². The molecular weight excluding hydrogens is 223 g/mol. The van der Waals surface area contributed by atoms with Crippen molar-refractivity contribution >= 4 is 19.0 Å². The summed E-state index contributed by atoms with van der Waals surface area (Å²) >= 11 is 0. The average Bonchev–Trinajstić information content (AvgIpc) is 2.36. The quantitative estimate of drug-likeness (QED) is 0.718. The SMILES string of the molecule is Bc1ccc2c(c1)CCCN2CCN(C)CCO. The van der Waals surface area contributed by atoms with E-state index in [9.17, 15) is 0 Å². The Hall–Kier alpha value is -0.995. The van der Waals surface area contributed by atoms with Crippen LogP contribution in [0.2, 0.25) is 0 Å². The minimum Gasteiger partial charge on any atom is -0.395 e. The van der Waals surface area contributed by atoms with E-state index in [0.717, 1.165) is 26.2 Å². The monoisotopic (exact) mass is 246 g/mol. The van der Waals surface area contributed by atoms with Gasteiger partial charge in [-0.3, -0.25) is 0 Å². The van der Waals surface area contributed by atoms with Crippen LogP contribution in [0.5, 0.6) is 0 Å². The van der Waals surface area contributed by atoms with Crippen LogP contribution >= 0.6 is 0 Å². The Morgan fingerprint density at radius 1 is 1.39 bits per heavy atom. The summed E-state index contributed by atoms with van der Waals surface area (Å²) in [7, 11) is 4.23. The van der Waals surface area contributed by atoms with Gasteiger partial charge in [0.15, 0.2) is 0 Å². The largest absolute Gasteiger partial charge is 0.395 e. The van der Waals surface area contributed by atoms with Gasteiger partial charge in [-0.15, -0.1) is 0 Å². The number of benzene rings is 1. The highest BCUT2D eigenvalue weighted by molar-refractivity contribution is 6.32. The number of fused-ring (bicyclic) bond motifs is 1. The summed E-state index contributed by atoms with van der Waals surface area (Å²) in [5.41, 5.74) is 4.25. The lowest BCUT2D eigenvalue weighted by Gasteiger charge is -2.33. The molecule has 2 rings (SSSR count). The zero-order valence-corrected chi connectivity index (χ0v) is 11.5. The molecule has 0 aromatic heterocycles. The first-order valence-electron chi connectivity index (χ1n) is 6.84. The third kappa shape index (κ3) is 3.27. The summed E-state index contributed by atoms with van der Waals surface area (Å²) in [5, 5.41) is 8.91. The maximum Gasteiger partial charge on any atom is 0.139 e. The standard InChI is InChI=1S/C14H23BN2O/c1-16(9-10-18)7-8-17-6-2-3-12-11-13(15)4-5-14(12)17/h4-5,11,18H,2-3,6-10,15H2,1H3. The number of rotatable bonds is 5. The Morgan fingerprint density at radius 2 is 2.22 bits per heavy atom. The summed E-state index contributed by atoms with van der Waals surface area (Å²) in [6, 6.07) is 6.78. The maximum atomic E-state index is 8.91. The lowest BCUT2D eigenvalue weighted by atomic mass is 9.90. The Bertz CT molecular complexity index is 397. The van der Waals surface area contributed by atoms with Crippen molar-refractivity contribution in [1.29, 1.82) is 0 Å². The predicted molar refractivity (Wildman–Crippen MR) is 79.7 cm³/mol. The summed E-state index contributed by atoms with van der Waals surface area (Å²) in [6.07, 6.45) is 2.46. The van der Waals surface area contributed by atoms with Crippen LogP contribution in [-0.2, 0) is 6.42 Å². The normalized spacial score (nSPS) is 14.9. The number of aryl methyl sites for hydroxylation is 1. The van der Waals surface area contributed by atoms with Gasteiger partial charge in [-0.05, 0) is 31.5 Å². The third-order valence-corrected chi connectivity index (χ3v) is 3.68. The first kappa shape index (κ1) is 13.4. The fourth-order valence-electron chi connectivity index (χ4n) is 2.61.